The molecule has 15 heteroatoms. The number of carboxylic acids is 2. The Balaban J connectivity index is -0.000000608. The summed E-state index contributed by atoms with van der Waals surface area (Å²) in [6, 6.07) is -2.00. The molecular weight excluding hydrogens is 544 g/mol. The predicted octanol–water partition coefficient (Wildman–Crippen LogP) is 0.126. The summed E-state index contributed by atoms with van der Waals surface area (Å²) in [6.07, 6.45) is -2.25. The zero-order valence-electron chi connectivity index (χ0n) is 22.2. The maximum absolute atomic E-state index is 11.2. The SMILES string of the molecule is CC(C)(C)OC(=O)NC[C@H](O)CC[C@H](N)C(=O)O.CC(C)(C)OC(=O)NC[C@H](O)CC[C@H](N)C(=O)O.[Cu]. The van der Waals surface area contributed by atoms with Crippen molar-refractivity contribution in [3.63, 3.8) is 0 Å². The number of aliphatic carboxylic acids is 2. The third-order valence-corrected chi connectivity index (χ3v) is 4.02. The van der Waals surface area contributed by atoms with Crippen LogP contribution in [-0.4, -0.2) is 93.1 Å². The summed E-state index contributed by atoms with van der Waals surface area (Å²) in [6.45, 7) is 10.4. The van der Waals surface area contributed by atoms with E-state index in [1.54, 1.807) is 41.5 Å². The van der Waals surface area contributed by atoms with Crippen molar-refractivity contribution in [1.82, 2.24) is 10.6 Å². The number of hydrogen-bond donors (Lipinski definition) is 8. The van der Waals surface area contributed by atoms with Crippen molar-refractivity contribution in [1.29, 1.82) is 0 Å². The molecule has 0 aliphatic carbocycles. The number of nitrogens with two attached hydrogens (primary N) is 2. The summed E-state index contributed by atoms with van der Waals surface area (Å²) in [5, 5.41) is 40.9. The van der Waals surface area contributed by atoms with Crippen LogP contribution in [0.4, 0.5) is 9.59 Å². The molecule has 0 aromatic carbocycles. The van der Waals surface area contributed by atoms with E-state index in [-0.39, 0.29) is 55.8 Å². The quantitative estimate of drug-likeness (QED) is 0.142. The van der Waals surface area contributed by atoms with Gasteiger partial charge in [-0.15, -0.1) is 0 Å². The van der Waals surface area contributed by atoms with E-state index in [0.717, 1.165) is 0 Å². The summed E-state index contributed by atoms with van der Waals surface area (Å²) in [7, 11) is 0. The fraction of sp³-hybridized carbons (Fsp3) is 0.818. The number of nitrogens with one attached hydrogen (secondary N) is 2. The van der Waals surface area contributed by atoms with Crippen molar-refractivity contribution < 1.29 is 66.1 Å². The van der Waals surface area contributed by atoms with Gasteiger partial charge in [0.05, 0.1) is 12.2 Å². The number of carboxylic acid groups (broad SMARTS) is 2. The van der Waals surface area contributed by atoms with Crippen molar-refractivity contribution in [3.8, 4) is 0 Å². The number of carbonyl (C=O) groups excluding carboxylic acids is 2. The first-order valence-electron chi connectivity index (χ1n) is 11.5. The van der Waals surface area contributed by atoms with E-state index < -0.39 is 59.6 Å². The van der Waals surface area contributed by atoms with Crippen LogP contribution in [0.25, 0.3) is 0 Å². The Morgan fingerprint density at radius 3 is 1.16 bits per heavy atom. The third-order valence-electron chi connectivity index (χ3n) is 4.02. The Bertz CT molecular complexity index is 640. The van der Waals surface area contributed by atoms with Crippen LogP contribution in [0.15, 0.2) is 0 Å². The maximum Gasteiger partial charge on any atom is 0.407 e. The molecular formula is C22H44CuN4O10. The normalized spacial score (nSPS) is 14.3. The van der Waals surface area contributed by atoms with Gasteiger partial charge in [0.25, 0.3) is 0 Å². The van der Waals surface area contributed by atoms with Gasteiger partial charge in [-0.3, -0.25) is 9.59 Å². The summed E-state index contributed by atoms with van der Waals surface area (Å²) < 4.78 is 9.94. The second-order valence-corrected chi connectivity index (χ2v) is 10.1. The largest absolute Gasteiger partial charge is 0.480 e. The van der Waals surface area contributed by atoms with Crippen LogP contribution >= 0.6 is 0 Å². The molecule has 4 atom stereocenters. The summed E-state index contributed by atoms with van der Waals surface area (Å²) in [5.41, 5.74) is 9.37. The predicted molar refractivity (Wildman–Crippen MR) is 130 cm³/mol. The molecule has 2 amide bonds. The number of aliphatic hydroxyl groups excluding tert-OH is 2. The van der Waals surface area contributed by atoms with E-state index in [1.807, 2.05) is 0 Å². The number of carbonyl (C=O) groups is 4. The van der Waals surface area contributed by atoms with E-state index >= 15 is 0 Å². The molecule has 223 valence electrons. The van der Waals surface area contributed by atoms with E-state index in [0.29, 0.717) is 0 Å². The van der Waals surface area contributed by atoms with Crippen molar-refractivity contribution >= 4 is 24.1 Å². The molecule has 1 radical (unpaired) electrons. The molecule has 0 unspecified atom stereocenters. The second-order valence-electron chi connectivity index (χ2n) is 10.1. The molecule has 0 aromatic heterocycles. The molecule has 0 heterocycles. The van der Waals surface area contributed by atoms with Crippen molar-refractivity contribution in [3.05, 3.63) is 0 Å². The summed E-state index contributed by atoms with van der Waals surface area (Å²) in [5.74, 6) is -2.22. The van der Waals surface area contributed by atoms with Gasteiger partial charge in [-0.1, -0.05) is 0 Å². The molecule has 0 saturated carbocycles. The molecule has 14 nitrogen and oxygen atoms in total. The molecule has 0 aliphatic heterocycles. The number of amides is 2. The first-order chi connectivity index (χ1) is 16.2. The van der Waals surface area contributed by atoms with Gasteiger partial charge in [0, 0.05) is 30.2 Å². The van der Waals surface area contributed by atoms with Crippen LogP contribution in [0.2, 0.25) is 0 Å². The third kappa shape index (κ3) is 26.7. The van der Waals surface area contributed by atoms with Gasteiger partial charge in [0.1, 0.15) is 23.3 Å². The molecule has 0 aromatic rings. The van der Waals surface area contributed by atoms with Gasteiger partial charge in [-0.25, -0.2) is 9.59 Å². The molecule has 10 N–H and O–H groups in total. The van der Waals surface area contributed by atoms with Crippen LogP contribution in [0.3, 0.4) is 0 Å². The Morgan fingerprint density at radius 1 is 0.676 bits per heavy atom. The van der Waals surface area contributed by atoms with Crippen LogP contribution in [0.5, 0.6) is 0 Å². The van der Waals surface area contributed by atoms with Gasteiger partial charge in [0.15, 0.2) is 0 Å². The Labute approximate surface area is 228 Å². The zero-order chi connectivity index (χ0) is 28.7. The molecule has 0 fully saturated rings. The van der Waals surface area contributed by atoms with E-state index in [9.17, 15) is 29.4 Å². The average Bonchev–Trinajstić information content (AvgIpc) is 2.70. The van der Waals surface area contributed by atoms with Gasteiger partial charge in [-0.2, -0.15) is 0 Å². The Kier molecular flexibility index (Phi) is 20.2. The number of aliphatic hydroxyl groups is 2. The minimum atomic E-state index is -1.11. The minimum absolute atomic E-state index is 0. The maximum atomic E-state index is 11.2. The Morgan fingerprint density at radius 2 is 0.946 bits per heavy atom. The average molecular weight is 588 g/mol. The smallest absolute Gasteiger partial charge is 0.407 e. The Hall–Kier alpha value is -2.16. The van der Waals surface area contributed by atoms with Crippen molar-refractivity contribution in [2.24, 2.45) is 11.5 Å². The number of hydrogen-bond acceptors (Lipinski definition) is 10. The molecule has 0 bridgehead atoms. The number of alkyl carbamates (subject to hydrolysis) is 2. The molecule has 0 saturated heterocycles. The summed E-state index contributed by atoms with van der Waals surface area (Å²) in [4.78, 5) is 43.4. The van der Waals surface area contributed by atoms with Crippen molar-refractivity contribution in [2.45, 2.75) is 103 Å². The standard InChI is InChI=1S/2C11H22N2O5.Cu/c2*1-11(2,3)18-10(17)13-6-7(14)4-5-8(12)9(15)16;/h2*7-8,14H,4-6,12H2,1-3H3,(H,13,17)(H,15,16);/t2*7-,8+;/m11./s1. The number of rotatable bonds is 12. The molecule has 37 heavy (non-hydrogen) atoms. The molecule has 0 aliphatic rings. The monoisotopic (exact) mass is 587 g/mol. The minimum Gasteiger partial charge on any atom is -0.480 e. The van der Waals surface area contributed by atoms with Crippen LogP contribution in [0, 0.1) is 0 Å². The van der Waals surface area contributed by atoms with Gasteiger partial charge < -0.3 is 52.0 Å². The van der Waals surface area contributed by atoms with E-state index in [1.165, 1.54) is 0 Å². The second kappa shape index (κ2) is 19.0. The van der Waals surface area contributed by atoms with Gasteiger partial charge in [-0.05, 0) is 67.2 Å². The molecule has 0 rings (SSSR count). The van der Waals surface area contributed by atoms with Crippen LogP contribution < -0.4 is 22.1 Å². The summed E-state index contributed by atoms with van der Waals surface area (Å²) >= 11 is 0. The van der Waals surface area contributed by atoms with Crippen LogP contribution in [0.1, 0.15) is 67.2 Å². The fourth-order valence-corrected chi connectivity index (χ4v) is 2.23. The first kappa shape index (κ1) is 39.4. The zero-order valence-corrected chi connectivity index (χ0v) is 23.2. The van der Waals surface area contributed by atoms with E-state index in [4.69, 9.17) is 31.2 Å². The van der Waals surface area contributed by atoms with Crippen molar-refractivity contribution in [2.75, 3.05) is 13.1 Å². The van der Waals surface area contributed by atoms with Gasteiger partial charge >= 0.3 is 24.1 Å². The van der Waals surface area contributed by atoms with E-state index in [2.05, 4.69) is 10.6 Å². The molecule has 0 spiro atoms. The first-order valence-corrected chi connectivity index (χ1v) is 11.5. The topological polar surface area (TPSA) is 244 Å². The van der Waals surface area contributed by atoms with Gasteiger partial charge in [0.2, 0.25) is 0 Å². The van der Waals surface area contributed by atoms with Crippen LogP contribution in [-0.2, 0) is 36.1 Å². The fourth-order valence-electron chi connectivity index (χ4n) is 2.23. The number of ether oxygens (including phenoxy) is 2.